The number of nitrogens with zero attached hydrogens (tertiary/aromatic N) is 6. The third-order valence-corrected chi connectivity index (χ3v) is 6.53. The van der Waals surface area contributed by atoms with Crippen molar-refractivity contribution in [2.75, 3.05) is 31.1 Å². The molecule has 2 aromatic carbocycles. The van der Waals surface area contributed by atoms with E-state index in [0.29, 0.717) is 30.2 Å². The SMILES string of the molecule is Cn1cccc1-c1cc(C(=O)N2CCN(c3cccc(C(F)(F)F)c3)CC2)n(-c2cccc([N+](=O)[O-])c2)n1. The molecule has 0 spiro atoms. The second kappa shape index (κ2) is 9.69. The van der Waals surface area contributed by atoms with Gasteiger partial charge in [0, 0.05) is 57.2 Å². The Balaban J connectivity index is 1.42. The lowest BCUT2D eigenvalue weighted by molar-refractivity contribution is -0.384. The number of aryl methyl sites for hydroxylation is 1. The second-order valence-electron chi connectivity index (χ2n) is 8.94. The largest absolute Gasteiger partial charge is 0.416 e. The summed E-state index contributed by atoms with van der Waals surface area (Å²) in [5, 5.41) is 15.9. The molecular formula is C26H23F3N6O3. The van der Waals surface area contributed by atoms with E-state index in [4.69, 9.17) is 0 Å². The molecule has 4 aromatic rings. The number of amides is 1. The first kappa shape index (κ1) is 25.1. The first-order chi connectivity index (χ1) is 18.1. The van der Waals surface area contributed by atoms with Crippen molar-refractivity contribution in [3.63, 3.8) is 0 Å². The van der Waals surface area contributed by atoms with Gasteiger partial charge in [0.15, 0.2) is 0 Å². The highest BCUT2D eigenvalue weighted by Gasteiger charge is 2.32. The molecule has 12 heteroatoms. The third kappa shape index (κ3) is 4.84. The van der Waals surface area contributed by atoms with Crippen LogP contribution in [0.15, 0.2) is 72.9 Å². The quantitative estimate of drug-likeness (QED) is 0.277. The summed E-state index contributed by atoms with van der Waals surface area (Å²) < 4.78 is 42.7. The Morgan fingerprint density at radius 2 is 1.66 bits per heavy atom. The van der Waals surface area contributed by atoms with Crippen molar-refractivity contribution >= 4 is 17.3 Å². The van der Waals surface area contributed by atoms with Crippen LogP contribution in [0.4, 0.5) is 24.5 Å². The molecule has 5 rings (SSSR count). The molecule has 38 heavy (non-hydrogen) atoms. The van der Waals surface area contributed by atoms with Crippen molar-refractivity contribution in [1.29, 1.82) is 0 Å². The molecule has 0 unspecified atom stereocenters. The summed E-state index contributed by atoms with van der Waals surface area (Å²) in [6.45, 7) is 1.27. The zero-order chi connectivity index (χ0) is 27.0. The van der Waals surface area contributed by atoms with E-state index in [1.54, 1.807) is 23.1 Å². The van der Waals surface area contributed by atoms with Crippen LogP contribution < -0.4 is 4.90 Å². The number of non-ortho nitro benzene ring substituents is 1. The van der Waals surface area contributed by atoms with Gasteiger partial charge in [-0.05, 0) is 42.5 Å². The molecule has 0 N–H and O–H groups in total. The fourth-order valence-corrected chi connectivity index (χ4v) is 4.53. The number of piperazine rings is 1. The highest BCUT2D eigenvalue weighted by Crippen LogP contribution is 2.32. The highest BCUT2D eigenvalue weighted by atomic mass is 19.4. The molecule has 1 aliphatic heterocycles. The average molecular weight is 525 g/mol. The maximum atomic E-state index is 13.7. The second-order valence-corrected chi connectivity index (χ2v) is 8.94. The van der Waals surface area contributed by atoms with Crippen LogP contribution in [0.1, 0.15) is 16.1 Å². The maximum Gasteiger partial charge on any atom is 0.416 e. The van der Waals surface area contributed by atoms with Crippen LogP contribution in [0, 0.1) is 10.1 Å². The van der Waals surface area contributed by atoms with Gasteiger partial charge in [-0.15, -0.1) is 0 Å². The Kier molecular flexibility index (Phi) is 6.39. The van der Waals surface area contributed by atoms with Gasteiger partial charge in [0.1, 0.15) is 11.4 Å². The molecule has 0 aliphatic carbocycles. The van der Waals surface area contributed by atoms with Crippen LogP contribution in [0.25, 0.3) is 17.1 Å². The highest BCUT2D eigenvalue weighted by molar-refractivity contribution is 5.94. The van der Waals surface area contributed by atoms with E-state index in [2.05, 4.69) is 5.10 Å². The molecule has 9 nitrogen and oxygen atoms in total. The van der Waals surface area contributed by atoms with Gasteiger partial charge >= 0.3 is 6.18 Å². The Morgan fingerprint density at radius 3 is 2.32 bits per heavy atom. The van der Waals surface area contributed by atoms with Crippen molar-refractivity contribution in [2.45, 2.75) is 6.18 Å². The molecule has 1 amide bonds. The van der Waals surface area contributed by atoms with E-state index in [9.17, 15) is 28.1 Å². The normalized spacial score (nSPS) is 14.1. The third-order valence-electron chi connectivity index (χ3n) is 6.53. The fraction of sp³-hybridized carbons (Fsp3) is 0.231. The maximum absolute atomic E-state index is 13.7. The lowest BCUT2D eigenvalue weighted by atomic mass is 10.1. The molecule has 0 saturated carbocycles. The number of halogens is 3. The Bertz CT molecular complexity index is 1500. The molecule has 0 radical (unpaired) electrons. The van der Waals surface area contributed by atoms with Gasteiger partial charge < -0.3 is 14.4 Å². The van der Waals surface area contributed by atoms with Gasteiger partial charge in [0.2, 0.25) is 0 Å². The molecule has 2 aromatic heterocycles. The summed E-state index contributed by atoms with van der Waals surface area (Å²) in [6, 6.07) is 16.4. The van der Waals surface area contributed by atoms with Crippen LogP contribution in [0.3, 0.4) is 0 Å². The number of rotatable bonds is 5. The minimum atomic E-state index is -4.44. The summed E-state index contributed by atoms with van der Waals surface area (Å²) in [5.41, 5.74) is 1.47. The topological polar surface area (TPSA) is 89.4 Å². The van der Waals surface area contributed by atoms with E-state index in [1.807, 2.05) is 34.8 Å². The summed E-state index contributed by atoms with van der Waals surface area (Å²) in [4.78, 5) is 27.9. The number of hydrogen-bond acceptors (Lipinski definition) is 5. The number of nitro groups is 1. The number of benzene rings is 2. The minimum Gasteiger partial charge on any atom is -0.368 e. The number of carbonyl (C=O) groups excluding carboxylic acids is 1. The van der Waals surface area contributed by atoms with Gasteiger partial charge in [0.25, 0.3) is 11.6 Å². The minimum absolute atomic E-state index is 0.133. The summed E-state index contributed by atoms with van der Waals surface area (Å²) in [5.74, 6) is -0.326. The zero-order valence-electron chi connectivity index (χ0n) is 20.3. The van der Waals surface area contributed by atoms with E-state index in [1.165, 1.54) is 28.9 Å². The molecule has 0 atom stereocenters. The molecule has 196 valence electrons. The van der Waals surface area contributed by atoms with E-state index in [-0.39, 0.29) is 30.4 Å². The lowest BCUT2D eigenvalue weighted by Gasteiger charge is -2.36. The fourth-order valence-electron chi connectivity index (χ4n) is 4.53. The molecular weight excluding hydrogens is 501 g/mol. The first-order valence-corrected chi connectivity index (χ1v) is 11.8. The summed E-state index contributed by atoms with van der Waals surface area (Å²) in [7, 11) is 1.84. The van der Waals surface area contributed by atoms with E-state index in [0.717, 1.165) is 17.8 Å². The first-order valence-electron chi connectivity index (χ1n) is 11.8. The van der Waals surface area contributed by atoms with Gasteiger partial charge in [-0.3, -0.25) is 14.9 Å². The molecule has 1 fully saturated rings. The predicted molar refractivity (Wildman–Crippen MR) is 134 cm³/mol. The van der Waals surface area contributed by atoms with Gasteiger partial charge in [-0.2, -0.15) is 18.3 Å². The molecule has 0 bridgehead atoms. The molecule has 1 aliphatic rings. The molecule has 3 heterocycles. The zero-order valence-corrected chi connectivity index (χ0v) is 20.3. The Morgan fingerprint density at radius 1 is 0.947 bits per heavy atom. The Hall–Kier alpha value is -4.61. The summed E-state index contributed by atoms with van der Waals surface area (Å²) >= 11 is 0. The van der Waals surface area contributed by atoms with E-state index >= 15 is 0 Å². The van der Waals surface area contributed by atoms with Crippen molar-refractivity contribution in [3.05, 3.63) is 94.3 Å². The predicted octanol–water partition coefficient (Wildman–Crippen LogP) is 4.77. The number of aromatic nitrogens is 3. The number of carbonyl (C=O) groups is 1. The Labute approximate surface area is 215 Å². The van der Waals surface area contributed by atoms with Crippen LogP contribution in [-0.2, 0) is 13.2 Å². The number of hydrogen-bond donors (Lipinski definition) is 0. The van der Waals surface area contributed by atoms with Gasteiger partial charge in [-0.1, -0.05) is 12.1 Å². The average Bonchev–Trinajstić information content (AvgIpc) is 3.54. The van der Waals surface area contributed by atoms with Crippen LogP contribution >= 0.6 is 0 Å². The van der Waals surface area contributed by atoms with Crippen molar-refractivity contribution in [3.8, 4) is 17.1 Å². The van der Waals surface area contributed by atoms with Crippen LogP contribution in [0.5, 0.6) is 0 Å². The van der Waals surface area contributed by atoms with Crippen LogP contribution in [0.2, 0.25) is 0 Å². The van der Waals surface area contributed by atoms with Gasteiger partial charge in [0.05, 0.1) is 21.9 Å². The number of anilines is 1. The lowest BCUT2D eigenvalue weighted by Crippen LogP contribution is -2.49. The van der Waals surface area contributed by atoms with Gasteiger partial charge in [-0.25, -0.2) is 4.68 Å². The monoisotopic (exact) mass is 524 g/mol. The number of alkyl halides is 3. The van der Waals surface area contributed by atoms with Crippen molar-refractivity contribution in [2.24, 2.45) is 7.05 Å². The smallest absolute Gasteiger partial charge is 0.368 e. The standard InChI is InChI=1S/C26H23F3N6O3/c1-31-10-4-9-23(31)22-17-24(34(30-22)20-7-3-8-21(16-20)35(37)38)25(36)33-13-11-32(12-14-33)19-6-2-5-18(15-19)26(27,28)29/h2-10,15-17H,11-14H2,1H3. The van der Waals surface area contributed by atoms with Crippen molar-refractivity contribution in [1.82, 2.24) is 19.2 Å². The van der Waals surface area contributed by atoms with E-state index < -0.39 is 16.7 Å². The number of nitro benzene ring substituents is 1. The summed E-state index contributed by atoms with van der Waals surface area (Å²) in [6.07, 6.45) is -2.59. The molecule has 1 saturated heterocycles. The van der Waals surface area contributed by atoms with Crippen molar-refractivity contribution < 1.29 is 22.9 Å². The van der Waals surface area contributed by atoms with Crippen LogP contribution in [-0.4, -0.2) is 56.3 Å².